The van der Waals surface area contributed by atoms with E-state index in [4.69, 9.17) is 4.74 Å². The summed E-state index contributed by atoms with van der Waals surface area (Å²) >= 11 is 0. The fourth-order valence-corrected chi connectivity index (χ4v) is 3.97. The molecule has 1 atom stereocenters. The quantitative estimate of drug-likeness (QED) is 0.805. The number of nitrogens with zero attached hydrogens (tertiary/aromatic N) is 3. The van der Waals surface area contributed by atoms with Crippen molar-refractivity contribution in [1.29, 1.82) is 0 Å². The summed E-state index contributed by atoms with van der Waals surface area (Å²) in [6.07, 6.45) is 3.22. The normalized spacial score (nSPS) is 19.5. The summed E-state index contributed by atoms with van der Waals surface area (Å²) in [6.45, 7) is 6.47. The van der Waals surface area contributed by atoms with Gasteiger partial charge in [-0.3, -0.25) is 14.5 Å². The van der Waals surface area contributed by atoms with Gasteiger partial charge in [0.25, 0.3) is 5.91 Å². The van der Waals surface area contributed by atoms with Crippen LogP contribution in [0.3, 0.4) is 0 Å². The van der Waals surface area contributed by atoms with E-state index in [1.807, 2.05) is 21.9 Å². The molecule has 2 fully saturated rings. The van der Waals surface area contributed by atoms with E-state index in [1.54, 1.807) is 19.2 Å². The second-order valence-electron chi connectivity index (χ2n) is 6.98. The van der Waals surface area contributed by atoms with Crippen LogP contribution >= 0.6 is 0 Å². The lowest BCUT2D eigenvalue weighted by Crippen LogP contribution is -2.55. The molecule has 2 heterocycles. The van der Waals surface area contributed by atoms with E-state index in [0.29, 0.717) is 37.5 Å². The molecule has 2 aliphatic heterocycles. The Bertz CT molecular complexity index is 635. The molecule has 3 rings (SSSR count). The summed E-state index contributed by atoms with van der Waals surface area (Å²) in [5, 5.41) is 0. The van der Waals surface area contributed by atoms with E-state index in [-0.39, 0.29) is 17.9 Å². The third-order valence-electron chi connectivity index (χ3n) is 5.47. The van der Waals surface area contributed by atoms with Crippen molar-refractivity contribution in [2.24, 2.45) is 0 Å². The topological polar surface area (TPSA) is 53.1 Å². The molecule has 0 bridgehead atoms. The van der Waals surface area contributed by atoms with Gasteiger partial charge in [-0.25, -0.2) is 0 Å². The Morgan fingerprint density at radius 1 is 1.00 bits per heavy atom. The largest absolute Gasteiger partial charge is 0.496 e. The molecule has 0 saturated carbocycles. The van der Waals surface area contributed by atoms with Crippen molar-refractivity contribution in [2.45, 2.75) is 32.2 Å². The summed E-state index contributed by atoms with van der Waals surface area (Å²) in [4.78, 5) is 31.8. The maximum atomic E-state index is 12.9. The van der Waals surface area contributed by atoms with Gasteiger partial charge in [-0.2, -0.15) is 0 Å². The van der Waals surface area contributed by atoms with E-state index in [0.717, 1.165) is 19.5 Å². The van der Waals surface area contributed by atoms with Crippen molar-refractivity contribution < 1.29 is 14.3 Å². The van der Waals surface area contributed by atoms with Crippen LogP contribution in [0.2, 0.25) is 0 Å². The number of methoxy groups -OCH3 is 1. The number of carbonyl (C=O) groups excluding carboxylic acids is 2. The van der Waals surface area contributed by atoms with Crippen molar-refractivity contribution >= 4 is 11.8 Å². The van der Waals surface area contributed by atoms with Crippen LogP contribution in [0, 0.1) is 0 Å². The molecule has 2 saturated heterocycles. The zero-order chi connectivity index (χ0) is 18.5. The monoisotopic (exact) mass is 359 g/mol. The average molecular weight is 359 g/mol. The van der Waals surface area contributed by atoms with Gasteiger partial charge in [0, 0.05) is 26.2 Å². The number of piperazine rings is 1. The number of ether oxygens (including phenoxy) is 1. The number of hydrogen-bond acceptors (Lipinski definition) is 4. The smallest absolute Gasteiger partial charge is 0.257 e. The number of rotatable bonds is 5. The van der Waals surface area contributed by atoms with E-state index in [1.165, 1.54) is 12.8 Å². The highest BCUT2D eigenvalue weighted by molar-refractivity contribution is 5.97. The third-order valence-corrected chi connectivity index (χ3v) is 5.47. The highest BCUT2D eigenvalue weighted by Gasteiger charge is 2.33. The summed E-state index contributed by atoms with van der Waals surface area (Å²) in [5.74, 6) is 0.788. The van der Waals surface area contributed by atoms with Crippen LogP contribution < -0.4 is 4.74 Å². The maximum Gasteiger partial charge on any atom is 0.257 e. The first-order valence-electron chi connectivity index (χ1n) is 9.60. The Hall–Kier alpha value is -2.08. The Morgan fingerprint density at radius 2 is 1.62 bits per heavy atom. The fourth-order valence-electron chi connectivity index (χ4n) is 3.97. The first-order valence-corrected chi connectivity index (χ1v) is 9.60. The number of hydrogen-bond donors (Lipinski definition) is 0. The number of para-hydroxylation sites is 1. The minimum absolute atomic E-state index is 0.00558. The third kappa shape index (κ3) is 3.85. The van der Waals surface area contributed by atoms with Gasteiger partial charge in [-0.05, 0) is 44.5 Å². The van der Waals surface area contributed by atoms with Crippen molar-refractivity contribution in [3.05, 3.63) is 29.8 Å². The molecule has 0 aromatic heterocycles. The van der Waals surface area contributed by atoms with Gasteiger partial charge in [-0.1, -0.05) is 19.1 Å². The Kier molecular flexibility index (Phi) is 6.14. The molecule has 1 aromatic carbocycles. The Morgan fingerprint density at radius 3 is 2.23 bits per heavy atom. The minimum atomic E-state index is -0.0267. The van der Waals surface area contributed by atoms with E-state index in [2.05, 4.69) is 11.8 Å². The van der Waals surface area contributed by atoms with Gasteiger partial charge in [0.2, 0.25) is 5.91 Å². The van der Waals surface area contributed by atoms with Crippen molar-refractivity contribution in [1.82, 2.24) is 14.7 Å². The van der Waals surface area contributed by atoms with Crippen LogP contribution in [-0.2, 0) is 4.79 Å². The highest BCUT2D eigenvalue weighted by Crippen LogP contribution is 2.21. The average Bonchev–Trinajstić information content (AvgIpc) is 3.22. The van der Waals surface area contributed by atoms with Crippen LogP contribution in [0.1, 0.15) is 36.5 Å². The molecule has 0 aliphatic carbocycles. The molecular formula is C20H29N3O3. The minimum Gasteiger partial charge on any atom is -0.496 e. The summed E-state index contributed by atoms with van der Waals surface area (Å²) in [5.41, 5.74) is 0.582. The number of benzene rings is 1. The molecule has 0 spiro atoms. The van der Waals surface area contributed by atoms with Gasteiger partial charge in [0.15, 0.2) is 0 Å². The molecule has 142 valence electrons. The standard InChI is InChI=1S/C20H29N3O3/c1-3-17(21-10-6-7-11-21)20(25)23-14-12-22(13-15-23)19(24)16-8-4-5-9-18(16)26-2/h4-5,8-9,17H,3,6-7,10-15H2,1-2H3. The molecular weight excluding hydrogens is 330 g/mol. The van der Waals surface area contributed by atoms with E-state index in [9.17, 15) is 9.59 Å². The van der Waals surface area contributed by atoms with E-state index < -0.39 is 0 Å². The van der Waals surface area contributed by atoms with Crippen molar-refractivity contribution in [2.75, 3.05) is 46.4 Å². The molecule has 6 nitrogen and oxygen atoms in total. The first kappa shape index (κ1) is 18.7. The fraction of sp³-hybridized carbons (Fsp3) is 0.600. The summed E-state index contributed by atoms with van der Waals surface area (Å²) < 4.78 is 5.30. The molecule has 2 amide bonds. The van der Waals surface area contributed by atoms with Crippen LogP contribution in [0.25, 0.3) is 0 Å². The lowest BCUT2D eigenvalue weighted by molar-refractivity contribution is -0.138. The highest BCUT2D eigenvalue weighted by atomic mass is 16.5. The predicted octanol–water partition coefficient (Wildman–Crippen LogP) is 1.85. The first-order chi connectivity index (χ1) is 12.7. The Balaban J connectivity index is 1.60. The van der Waals surface area contributed by atoms with Gasteiger partial charge >= 0.3 is 0 Å². The second-order valence-corrected chi connectivity index (χ2v) is 6.98. The molecule has 6 heteroatoms. The zero-order valence-corrected chi connectivity index (χ0v) is 15.8. The van der Waals surface area contributed by atoms with Crippen LogP contribution in [0.4, 0.5) is 0 Å². The SMILES string of the molecule is CCC(C(=O)N1CCN(C(=O)c2ccccc2OC)CC1)N1CCCC1. The number of likely N-dealkylation sites (tertiary alicyclic amines) is 1. The molecule has 1 aromatic rings. The lowest BCUT2D eigenvalue weighted by atomic mass is 10.1. The van der Waals surface area contributed by atoms with E-state index >= 15 is 0 Å². The molecule has 0 N–H and O–H groups in total. The van der Waals surface area contributed by atoms with Crippen LogP contribution in [-0.4, -0.2) is 78.9 Å². The maximum absolute atomic E-state index is 12.9. The summed E-state index contributed by atoms with van der Waals surface area (Å²) in [6, 6.07) is 7.29. The molecule has 26 heavy (non-hydrogen) atoms. The van der Waals surface area contributed by atoms with Crippen LogP contribution in [0.5, 0.6) is 5.75 Å². The second kappa shape index (κ2) is 8.54. The molecule has 1 unspecified atom stereocenters. The van der Waals surface area contributed by atoms with Crippen molar-refractivity contribution in [3.8, 4) is 5.75 Å². The Labute approximate surface area is 155 Å². The lowest BCUT2D eigenvalue weighted by Gasteiger charge is -2.38. The van der Waals surface area contributed by atoms with Gasteiger partial charge in [-0.15, -0.1) is 0 Å². The van der Waals surface area contributed by atoms with Gasteiger partial charge in [0.1, 0.15) is 5.75 Å². The number of carbonyl (C=O) groups is 2. The van der Waals surface area contributed by atoms with Gasteiger partial charge < -0.3 is 14.5 Å². The zero-order valence-electron chi connectivity index (χ0n) is 15.8. The summed E-state index contributed by atoms with van der Waals surface area (Å²) in [7, 11) is 1.58. The number of amides is 2. The van der Waals surface area contributed by atoms with Crippen molar-refractivity contribution in [3.63, 3.8) is 0 Å². The molecule has 2 aliphatic rings. The predicted molar refractivity (Wildman–Crippen MR) is 100 cm³/mol. The molecule has 0 radical (unpaired) electrons. The van der Waals surface area contributed by atoms with Crippen LogP contribution in [0.15, 0.2) is 24.3 Å². The van der Waals surface area contributed by atoms with Gasteiger partial charge in [0.05, 0.1) is 18.7 Å².